The SMILES string of the molecule is OC1(CNC2CCN(c3ccccc3)CC2)CCC1. The van der Waals surface area contributed by atoms with E-state index in [0.717, 1.165) is 32.5 Å². The van der Waals surface area contributed by atoms with Gasteiger partial charge in [-0.15, -0.1) is 0 Å². The second-order valence-electron chi connectivity index (χ2n) is 6.06. The van der Waals surface area contributed by atoms with Gasteiger partial charge in [0.1, 0.15) is 0 Å². The van der Waals surface area contributed by atoms with Crippen LogP contribution in [0.3, 0.4) is 0 Å². The van der Waals surface area contributed by atoms with Crippen LogP contribution < -0.4 is 10.2 Å². The molecule has 0 amide bonds. The molecule has 3 rings (SSSR count). The van der Waals surface area contributed by atoms with Crippen LogP contribution in [0, 0.1) is 0 Å². The minimum Gasteiger partial charge on any atom is -0.389 e. The van der Waals surface area contributed by atoms with Gasteiger partial charge in [0, 0.05) is 31.4 Å². The molecule has 19 heavy (non-hydrogen) atoms. The van der Waals surface area contributed by atoms with Gasteiger partial charge in [-0.2, -0.15) is 0 Å². The van der Waals surface area contributed by atoms with Crippen LogP contribution in [0.5, 0.6) is 0 Å². The Hall–Kier alpha value is -1.06. The summed E-state index contributed by atoms with van der Waals surface area (Å²) >= 11 is 0. The topological polar surface area (TPSA) is 35.5 Å². The van der Waals surface area contributed by atoms with Gasteiger partial charge in [-0.05, 0) is 44.2 Å². The predicted molar refractivity (Wildman–Crippen MR) is 78.5 cm³/mol. The number of rotatable bonds is 4. The molecule has 1 saturated heterocycles. The second-order valence-corrected chi connectivity index (χ2v) is 6.06. The highest BCUT2D eigenvalue weighted by Crippen LogP contribution is 2.31. The van der Waals surface area contributed by atoms with Crippen molar-refractivity contribution < 1.29 is 5.11 Å². The first-order chi connectivity index (χ1) is 9.25. The van der Waals surface area contributed by atoms with E-state index < -0.39 is 5.60 Å². The van der Waals surface area contributed by atoms with Crippen molar-refractivity contribution in [1.29, 1.82) is 0 Å². The minimum absolute atomic E-state index is 0.392. The molecule has 1 aliphatic heterocycles. The average Bonchev–Trinajstić information content (AvgIpc) is 2.45. The molecule has 2 fully saturated rings. The molecule has 3 nitrogen and oxygen atoms in total. The van der Waals surface area contributed by atoms with Crippen LogP contribution in [-0.4, -0.2) is 36.4 Å². The van der Waals surface area contributed by atoms with Gasteiger partial charge in [-0.3, -0.25) is 0 Å². The van der Waals surface area contributed by atoms with E-state index in [1.807, 2.05) is 0 Å². The number of anilines is 1. The molecule has 0 spiro atoms. The monoisotopic (exact) mass is 260 g/mol. The summed E-state index contributed by atoms with van der Waals surface area (Å²) in [7, 11) is 0. The van der Waals surface area contributed by atoms with Crippen molar-refractivity contribution in [2.24, 2.45) is 0 Å². The number of benzene rings is 1. The molecule has 1 saturated carbocycles. The lowest BCUT2D eigenvalue weighted by molar-refractivity contribution is -0.0336. The summed E-state index contributed by atoms with van der Waals surface area (Å²) in [4.78, 5) is 2.45. The lowest BCUT2D eigenvalue weighted by Crippen LogP contribution is -2.51. The number of piperidine rings is 1. The van der Waals surface area contributed by atoms with Crippen molar-refractivity contribution in [3.63, 3.8) is 0 Å². The van der Waals surface area contributed by atoms with Crippen molar-refractivity contribution in [2.45, 2.75) is 43.7 Å². The molecule has 3 heteroatoms. The Kier molecular flexibility index (Phi) is 3.76. The molecule has 1 aromatic rings. The Morgan fingerprint density at radius 2 is 1.84 bits per heavy atom. The van der Waals surface area contributed by atoms with Gasteiger partial charge >= 0.3 is 0 Å². The van der Waals surface area contributed by atoms with E-state index in [0.29, 0.717) is 6.04 Å². The Labute approximate surface area is 115 Å². The van der Waals surface area contributed by atoms with E-state index >= 15 is 0 Å². The fraction of sp³-hybridized carbons (Fsp3) is 0.625. The quantitative estimate of drug-likeness (QED) is 0.871. The zero-order valence-corrected chi connectivity index (χ0v) is 11.5. The Morgan fingerprint density at radius 3 is 2.42 bits per heavy atom. The highest BCUT2D eigenvalue weighted by molar-refractivity contribution is 5.46. The second kappa shape index (κ2) is 5.51. The lowest BCUT2D eigenvalue weighted by atomic mass is 9.80. The maximum atomic E-state index is 10.1. The summed E-state index contributed by atoms with van der Waals surface area (Å²) in [5, 5.41) is 13.7. The number of aliphatic hydroxyl groups is 1. The number of hydrogen-bond donors (Lipinski definition) is 2. The maximum absolute atomic E-state index is 10.1. The van der Waals surface area contributed by atoms with Crippen LogP contribution in [-0.2, 0) is 0 Å². The maximum Gasteiger partial charge on any atom is 0.0771 e. The van der Waals surface area contributed by atoms with E-state index in [1.165, 1.54) is 24.9 Å². The molecular formula is C16H24N2O. The highest BCUT2D eigenvalue weighted by atomic mass is 16.3. The molecular weight excluding hydrogens is 236 g/mol. The van der Waals surface area contributed by atoms with Crippen LogP contribution in [0.2, 0.25) is 0 Å². The smallest absolute Gasteiger partial charge is 0.0771 e. The van der Waals surface area contributed by atoms with Crippen LogP contribution in [0.15, 0.2) is 30.3 Å². The van der Waals surface area contributed by atoms with Gasteiger partial charge in [0.05, 0.1) is 5.60 Å². The molecule has 0 unspecified atom stereocenters. The van der Waals surface area contributed by atoms with E-state index in [9.17, 15) is 5.11 Å². The lowest BCUT2D eigenvalue weighted by Gasteiger charge is -2.40. The predicted octanol–water partition coefficient (Wildman–Crippen LogP) is 2.16. The molecule has 1 heterocycles. The fourth-order valence-electron chi connectivity index (χ4n) is 3.08. The van der Waals surface area contributed by atoms with Crippen LogP contribution in [0.25, 0.3) is 0 Å². The number of nitrogens with one attached hydrogen (secondary N) is 1. The zero-order chi connectivity index (χ0) is 13.1. The Bertz CT molecular complexity index is 394. The van der Waals surface area contributed by atoms with Gasteiger partial charge in [0.15, 0.2) is 0 Å². The van der Waals surface area contributed by atoms with Crippen molar-refractivity contribution in [3.05, 3.63) is 30.3 Å². The first-order valence-corrected chi connectivity index (χ1v) is 7.51. The van der Waals surface area contributed by atoms with Crippen LogP contribution in [0.4, 0.5) is 5.69 Å². The van der Waals surface area contributed by atoms with Gasteiger partial charge in [-0.1, -0.05) is 18.2 Å². The number of para-hydroxylation sites is 1. The summed E-state index contributed by atoms with van der Waals surface area (Å²) in [6, 6.07) is 11.2. The molecule has 2 N–H and O–H groups in total. The largest absolute Gasteiger partial charge is 0.389 e. The van der Waals surface area contributed by atoms with Gasteiger partial charge in [0.2, 0.25) is 0 Å². The minimum atomic E-state index is -0.392. The molecule has 1 aromatic carbocycles. The van der Waals surface area contributed by atoms with Crippen molar-refractivity contribution in [2.75, 3.05) is 24.5 Å². The van der Waals surface area contributed by atoms with E-state index in [2.05, 4.69) is 40.5 Å². The van der Waals surface area contributed by atoms with E-state index in [4.69, 9.17) is 0 Å². The normalized spacial score (nSPS) is 23.1. The molecule has 0 atom stereocenters. The van der Waals surface area contributed by atoms with Gasteiger partial charge < -0.3 is 15.3 Å². The molecule has 104 valence electrons. The van der Waals surface area contributed by atoms with Crippen molar-refractivity contribution in [3.8, 4) is 0 Å². The van der Waals surface area contributed by atoms with Crippen molar-refractivity contribution in [1.82, 2.24) is 5.32 Å². The summed E-state index contributed by atoms with van der Waals surface area (Å²) in [6.07, 6.45) is 5.48. The van der Waals surface area contributed by atoms with E-state index in [1.54, 1.807) is 0 Å². The summed E-state index contributed by atoms with van der Waals surface area (Å²) in [5.41, 5.74) is 0.940. The third-order valence-corrected chi connectivity index (χ3v) is 4.62. The Morgan fingerprint density at radius 1 is 1.16 bits per heavy atom. The van der Waals surface area contributed by atoms with Crippen molar-refractivity contribution >= 4 is 5.69 Å². The fourth-order valence-corrected chi connectivity index (χ4v) is 3.08. The third kappa shape index (κ3) is 3.10. The third-order valence-electron chi connectivity index (χ3n) is 4.62. The number of hydrogen-bond acceptors (Lipinski definition) is 3. The van der Waals surface area contributed by atoms with Gasteiger partial charge in [-0.25, -0.2) is 0 Å². The van der Waals surface area contributed by atoms with Crippen LogP contribution in [0.1, 0.15) is 32.1 Å². The zero-order valence-electron chi connectivity index (χ0n) is 11.5. The Balaban J connectivity index is 1.44. The molecule has 1 aliphatic carbocycles. The summed E-state index contributed by atoms with van der Waals surface area (Å²) in [5.74, 6) is 0. The van der Waals surface area contributed by atoms with E-state index in [-0.39, 0.29) is 0 Å². The average molecular weight is 260 g/mol. The van der Waals surface area contributed by atoms with Crippen LogP contribution >= 0.6 is 0 Å². The highest BCUT2D eigenvalue weighted by Gasteiger charge is 2.34. The molecule has 2 aliphatic rings. The first kappa shape index (κ1) is 12.9. The first-order valence-electron chi connectivity index (χ1n) is 7.51. The molecule has 0 bridgehead atoms. The molecule has 0 radical (unpaired) electrons. The summed E-state index contributed by atoms with van der Waals surface area (Å²) < 4.78 is 0. The number of nitrogens with zero attached hydrogens (tertiary/aromatic N) is 1. The summed E-state index contributed by atoms with van der Waals surface area (Å²) in [6.45, 7) is 3.00. The van der Waals surface area contributed by atoms with Gasteiger partial charge in [0.25, 0.3) is 0 Å². The molecule has 0 aromatic heterocycles. The standard InChI is InChI=1S/C16H24N2O/c19-16(9-4-10-16)13-17-14-7-11-18(12-8-14)15-5-2-1-3-6-15/h1-3,5-6,14,17,19H,4,7-13H2.